The van der Waals surface area contributed by atoms with Gasteiger partial charge in [0.1, 0.15) is 0 Å². The number of aliphatic hydroxyl groups excluding tert-OH is 1. The highest BCUT2D eigenvalue weighted by atomic mass is 32.2. The number of hydrogen-bond donors (Lipinski definition) is 2. The summed E-state index contributed by atoms with van der Waals surface area (Å²) in [4.78, 5) is 0.282. The summed E-state index contributed by atoms with van der Waals surface area (Å²) in [5.41, 5.74) is 0.742. The first-order valence-corrected chi connectivity index (χ1v) is 10.2. The second-order valence-electron chi connectivity index (χ2n) is 5.50. The van der Waals surface area contributed by atoms with Gasteiger partial charge in [-0.05, 0) is 36.3 Å². The summed E-state index contributed by atoms with van der Waals surface area (Å²) in [5, 5.41) is 14.1. The molecule has 4 nitrogen and oxygen atoms in total. The highest BCUT2D eigenvalue weighted by Gasteiger charge is 2.15. The Morgan fingerprint density at radius 1 is 1.33 bits per heavy atom. The Kier molecular flexibility index (Phi) is 6.10. The van der Waals surface area contributed by atoms with Crippen molar-refractivity contribution in [1.29, 1.82) is 0 Å². The normalized spacial score (nSPS) is 21.1. The number of benzene rings is 1. The monoisotopic (exact) mass is 329 g/mol. The predicted octanol–water partition coefficient (Wildman–Crippen LogP) is 2.00. The number of hydrogen-bond acceptors (Lipinski definition) is 5. The Morgan fingerprint density at radius 2 is 2.05 bits per heavy atom. The van der Waals surface area contributed by atoms with Crippen LogP contribution in [-0.2, 0) is 9.84 Å². The molecule has 0 aliphatic carbocycles. The molecule has 0 amide bonds. The maximum atomic E-state index is 11.4. The molecular formula is C15H23NO3S2. The second kappa shape index (κ2) is 7.63. The van der Waals surface area contributed by atoms with E-state index in [1.165, 1.54) is 31.3 Å². The first-order valence-electron chi connectivity index (χ1n) is 7.27. The zero-order valence-electron chi connectivity index (χ0n) is 12.3. The number of thioether (sulfide) groups is 1. The molecule has 2 unspecified atom stereocenters. The molecular weight excluding hydrogens is 306 g/mol. The Bertz CT molecular complexity index is 537. The Morgan fingerprint density at radius 3 is 2.62 bits per heavy atom. The molecule has 0 aromatic heterocycles. The maximum absolute atomic E-state index is 11.4. The molecule has 21 heavy (non-hydrogen) atoms. The number of nitrogens with one attached hydrogen (secondary N) is 1. The van der Waals surface area contributed by atoms with Gasteiger partial charge in [0.25, 0.3) is 0 Å². The van der Waals surface area contributed by atoms with Crippen LogP contribution in [0.3, 0.4) is 0 Å². The van der Waals surface area contributed by atoms with E-state index in [1.54, 1.807) is 24.3 Å². The number of aliphatic hydroxyl groups is 1. The van der Waals surface area contributed by atoms with Crippen molar-refractivity contribution >= 4 is 21.6 Å². The van der Waals surface area contributed by atoms with E-state index in [2.05, 4.69) is 5.32 Å². The van der Waals surface area contributed by atoms with Gasteiger partial charge in [-0.25, -0.2) is 8.42 Å². The van der Waals surface area contributed by atoms with E-state index < -0.39 is 15.9 Å². The van der Waals surface area contributed by atoms with Crippen LogP contribution in [0.2, 0.25) is 0 Å². The molecule has 2 rings (SSSR count). The molecule has 1 fully saturated rings. The molecule has 0 bridgehead atoms. The van der Waals surface area contributed by atoms with E-state index in [9.17, 15) is 13.5 Å². The highest BCUT2D eigenvalue weighted by Crippen LogP contribution is 2.24. The van der Waals surface area contributed by atoms with Crippen molar-refractivity contribution in [2.45, 2.75) is 35.5 Å². The van der Waals surface area contributed by atoms with Gasteiger partial charge in [0, 0.05) is 24.6 Å². The third kappa shape index (κ3) is 5.29. The van der Waals surface area contributed by atoms with Gasteiger partial charge in [0.2, 0.25) is 0 Å². The van der Waals surface area contributed by atoms with Crippen molar-refractivity contribution in [2.24, 2.45) is 0 Å². The molecule has 1 aromatic carbocycles. The van der Waals surface area contributed by atoms with Crippen LogP contribution in [0.1, 0.15) is 30.9 Å². The SMILES string of the molecule is CS(=O)(=O)c1ccc(C(O)CNCC2CCCCS2)cc1. The molecule has 2 N–H and O–H groups in total. The minimum absolute atomic E-state index is 0.282. The highest BCUT2D eigenvalue weighted by molar-refractivity contribution is 7.99. The molecule has 0 spiro atoms. The smallest absolute Gasteiger partial charge is 0.175 e. The molecule has 1 aliphatic heterocycles. The van der Waals surface area contributed by atoms with Crippen LogP contribution in [0.5, 0.6) is 0 Å². The van der Waals surface area contributed by atoms with Gasteiger partial charge in [0.15, 0.2) is 9.84 Å². The summed E-state index contributed by atoms with van der Waals surface area (Å²) in [6.45, 7) is 1.42. The van der Waals surface area contributed by atoms with Gasteiger partial charge in [-0.2, -0.15) is 11.8 Å². The summed E-state index contributed by atoms with van der Waals surface area (Å²) in [5.74, 6) is 1.24. The van der Waals surface area contributed by atoms with Gasteiger partial charge in [-0.3, -0.25) is 0 Å². The first-order chi connectivity index (χ1) is 9.97. The molecule has 6 heteroatoms. The Labute approximate surface area is 131 Å². The third-order valence-electron chi connectivity index (χ3n) is 3.68. The zero-order chi connectivity index (χ0) is 15.3. The Balaban J connectivity index is 1.81. The van der Waals surface area contributed by atoms with E-state index in [0.717, 1.165) is 12.1 Å². The van der Waals surface area contributed by atoms with Gasteiger partial charge in [0.05, 0.1) is 11.0 Å². The molecule has 0 radical (unpaired) electrons. The van der Waals surface area contributed by atoms with Gasteiger partial charge in [-0.1, -0.05) is 18.6 Å². The topological polar surface area (TPSA) is 66.4 Å². The summed E-state index contributed by atoms with van der Waals surface area (Å²) < 4.78 is 22.8. The quantitative estimate of drug-likeness (QED) is 0.835. The molecule has 1 aliphatic rings. The zero-order valence-corrected chi connectivity index (χ0v) is 13.9. The maximum Gasteiger partial charge on any atom is 0.175 e. The van der Waals surface area contributed by atoms with Gasteiger partial charge < -0.3 is 10.4 Å². The third-order valence-corrected chi connectivity index (χ3v) is 6.20. The van der Waals surface area contributed by atoms with E-state index >= 15 is 0 Å². The van der Waals surface area contributed by atoms with Crippen LogP contribution in [0, 0.1) is 0 Å². The van der Waals surface area contributed by atoms with Crippen molar-refractivity contribution in [2.75, 3.05) is 25.1 Å². The van der Waals surface area contributed by atoms with Crippen molar-refractivity contribution < 1.29 is 13.5 Å². The predicted molar refractivity (Wildman–Crippen MR) is 87.5 cm³/mol. The second-order valence-corrected chi connectivity index (χ2v) is 8.93. The summed E-state index contributed by atoms with van der Waals surface area (Å²) in [6, 6.07) is 6.45. The van der Waals surface area contributed by atoms with Crippen LogP contribution in [0.4, 0.5) is 0 Å². The fourth-order valence-electron chi connectivity index (χ4n) is 2.40. The Hall–Kier alpha value is -0.560. The lowest BCUT2D eigenvalue weighted by atomic mass is 10.1. The average Bonchev–Trinajstić information content (AvgIpc) is 2.47. The molecule has 1 aromatic rings. The van der Waals surface area contributed by atoms with Crippen LogP contribution in [0.25, 0.3) is 0 Å². The lowest BCUT2D eigenvalue weighted by Gasteiger charge is -2.22. The van der Waals surface area contributed by atoms with Crippen molar-refractivity contribution in [3.63, 3.8) is 0 Å². The molecule has 2 atom stereocenters. The number of rotatable bonds is 6. The lowest BCUT2D eigenvalue weighted by molar-refractivity contribution is 0.175. The molecule has 1 heterocycles. The van der Waals surface area contributed by atoms with Crippen LogP contribution in [-0.4, -0.2) is 43.9 Å². The van der Waals surface area contributed by atoms with Crippen LogP contribution >= 0.6 is 11.8 Å². The fraction of sp³-hybridized carbons (Fsp3) is 0.600. The summed E-state index contributed by atoms with van der Waals surface area (Å²) in [6.07, 6.45) is 4.44. The lowest BCUT2D eigenvalue weighted by Crippen LogP contribution is -2.30. The fourth-order valence-corrected chi connectivity index (χ4v) is 4.31. The largest absolute Gasteiger partial charge is 0.387 e. The minimum atomic E-state index is -3.18. The minimum Gasteiger partial charge on any atom is -0.387 e. The van der Waals surface area contributed by atoms with E-state index in [0.29, 0.717) is 11.8 Å². The van der Waals surface area contributed by atoms with Crippen LogP contribution < -0.4 is 5.32 Å². The van der Waals surface area contributed by atoms with Gasteiger partial charge in [-0.15, -0.1) is 0 Å². The summed E-state index contributed by atoms with van der Waals surface area (Å²) >= 11 is 2.00. The van der Waals surface area contributed by atoms with Crippen LogP contribution in [0.15, 0.2) is 29.2 Å². The van der Waals surface area contributed by atoms with E-state index in [4.69, 9.17) is 0 Å². The van der Waals surface area contributed by atoms with E-state index in [-0.39, 0.29) is 4.90 Å². The molecule has 1 saturated heterocycles. The van der Waals surface area contributed by atoms with E-state index in [1.807, 2.05) is 11.8 Å². The summed E-state index contributed by atoms with van der Waals surface area (Å²) in [7, 11) is -3.18. The number of sulfone groups is 1. The average molecular weight is 329 g/mol. The van der Waals surface area contributed by atoms with Crippen molar-refractivity contribution in [3.05, 3.63) is 29.8 Å². The van der Waals surface area contributed by atoms with Crippen molar-refractivity contribution in [1.82, 2.24) is 5.32 Å². The standard InChI is InChI=1S/C15H23NO3S2/c1-21(18,19)14-7-5-12(6-8-14)15(17)11-16-10-13-4-2-3-9-20-13/h5-8,13,15-17H,2-4,9-11H2,1H3. The molecule has 0 saturated carbocycles. The molecule has 118 valence electrons. The van der Waals surface area contributed by atoms with Gasteiger partial charge >= 0.3 is 0 Å². The van der Waals surface area contributed by atoms with Crippen molar-refractivity contribution in [3.8, 4) is 0 Å². The first kappa shape index (κ1) is 16.8.